The molecule has 2 atom stereocenters. The molecule has 4 aromatic rings. The minimum Gasteiger partial charge on any atom is -0.494 e. The third-order valence-corrected chi connectivity index (χ3v) is 6.71. The van der Waals surface area contributed by atoms with Crippen molar-refractivity contribution in [3.8, 4) is 17.7 Å². The molecule has 0 aliphatic rings. The second kappa shape index (κ2) is 11.1. The van der Waals surface area contributed by atoms with Gasteiger partial charge in [-0.3, -0.25) is 4.98 Å². The van der Waals surface area contributed by atoms with E-state index >= 15 is 4.39 Å². The third kappa shape index (κ3) is 5.17. The summed E-state index contributed by atoms with van der Waals surface area (Å²) < 4.78 is 27.0. The van der Waals surface area contributed by atoms with Gasteiger partial charge < -0.3 is 19.5 Å². The molecule has 0 fully saturated rings. The van der Waals surface area contributed by atoms with E-state index in [1.54, 1.807) is 36.4 Å². The number of nitriles is 1. The van der Waals surface area contributed by atoms with Crippen molar-refractivity contribution in [2.45, 2.75) is 24.9 Å². The maximum atomic E-state index is 16.0. The van der Waals surface area contributed by atoms with E-state index < -0.39 is 17.3 Å². The number of hydrogen-bond acceptors (Lipinski definition) is 7. The summed E-state index contributed by atoms with van der Waals surface area (Å²) in [7, 11) is 6.71. The van der Waals surface area contributed by atoms with Gasteiger partial charge in [0, 0.05) is 28.8 Å². The summed E-state index contributed by atoms with van der Waals surface area (Å²) >= 11 is 0. The smallest absolute Gasteiger partial charge is 0.217 e. The molecular formula is C30H31FN4O3. The molecule has 4 rings (SSSR count). The van der Waals surface area contributed by atoms with Crippen LogP contribution in [0.4, 0.5) is 4.39 Å². The molecule has 0 radical (unpaired) electrons. The Morgan fingerprint density at radius 1 is 1.03 bits per heavy atom. The molecule has 0 unspecified atom stereocenters. The lowest BCUT2D eigenvalue weighted by atomic mass is 9.73. The third-order valence-electron chi connectivity index (χ3n) is 6.71. The van der Waals surface area contributed by atoms with E-state index in [0.29, 0.717) is 34.3 Å². The van der Waals surface area contributed by atoms with Gasteiger partial charge in [-0.25, -0.2) is 9.37 Å². The van der Waals surface area contributed by atoms with Gasteiger partial charge in [0.2, 0.25) is 5.88 Å². The molecule has 0 bridgehead atoms. The number of rotatable bonds is 9. The van der Waals surface area contributed by atoms with E-state index in [0.717, 1.165) is 5.69 Å². The van der Waals surface area contributed by atoms with Crippen molar-refractivity contribution >= 4 is 10.9 Å². The maximum Gasteiger partial charge on any atom is 0.217 e. The Balaban J connectivity index is 2.10. The van der Waals surface area contributed by atoms with Crippen molar-refractivity contribution in [3.63, 3.8) is 0 Å². The van der Waals surface area contributed by atoms with Gasteiger partial charge in [0.05, 0.1) is 43.0 Å². The predicted molar refractivity (Wildman–Crippen MR) is 144 cm³/mol. The van der Waals surface area contributed by atoms with Crippen LogP contribution in [-0.2, 0) is 5.60 Å². The Kier molecular flexibility index (Phi) is 7.91. The summed E-state index contributed by atoms with van der Waals surface area (Å²) in [4.78, 5) is 11.3. The Hall–Kier alpha value is -4.06. The molecule has 0 saturated carbocycles. The maximum absolute atomic E-state index is 16.0. The number of aliphatic hydroxyl groups is 1. The number of benzene rings is 2. The van der Waals surface area contributed by atoms with Gasteiger partial charge in [0.1, 0.15) is 5.60 Å². The van der Waals surface area contributed by atoms with Crippen LogP contribution < -0.4 is 9.47 Å². The van der Waals surface area contributed by atoms with Crippen LogP contribution in [0, 0.1) is 24.1 Å². The zero-order valence-electron chi connectivity index (χ0n) is 22.2. The van der Waals surface area contributed by atoms with Crippen molar-refractivity contribution in [2.24, 2.45) is 0 Å². The van der Waals surface area contributed by atoms with Crippen LogP contribution in [0.2, 0.25) is 0 Å². The van der Waals surface area contributed by atoms with Gasteiger partial charge >= 0.3 is 0 Å². The molecule has 0 aliphatic heterocycles. The molecule has 2 aromatic carbocycles. The van der Waals surface area contributed by atoms with E-state index in [4.69, 9.17) is 9.47 Å². The minimum atomic E-state index is -1.67. The van der Waals surface area contributed by atoms with E-state index in [1.165, 1.54) is 20.3 Å². The fraction of sp³-hybridized carbons (Fsp3) is 0.300. The second-order valence-electron chi connectivity index (χ2n) is 9.54. The second-order valence-corrected chi connectivity index (χ2v) is 9.54. The lowest BCUT2D eigenvalue weighted by Crippen LogP contribution is -2.39. The van der Waals surface area contributed by atoms with Crippen molar-refractivity contribution < 1.29 is 19.0 Å². The normalized spacial score (nSPS) is 13.7. The molecule has 196 valence electrons. The number of nitrogens with zero attached hydrogens (tertiary/aromatic N) is 4. The number of aryl methyl sites for hydroxylation is 1. The van der Waals surface area contributed by atoms with Crippen molar-refractivity contribution in [2.75, 3.05) is 34.9 Å². The molecule has 0 amide bonds. The predicted octanol–water partition coefficient (Wildman–Crippen LogP) is 4.94. The van der Waals surface area contributed by atoms with Crippen LogP contribution in [0.3, 0.4) is 0 Å². The molecular weight excluding hydrogens is 483 g/mol. The fourth-order valence-corrected chi connectivity index (χ4v) is 4.80. The number of methoxy groups -OCH3 is 2. The fourth-order valence-electron chi connectivity index (χ4n) is 4.80. The number of aromatic nitrogens is 2. The average Bonchev–Trinajstić information content (AvgIpc) is 2.92. The lowest BCUT2D eigenvalue weighted by Gasteiger charge is -2.38. The first-order valence-electron chi connectivity index (χ1n) is 12.2. The van der Waals surface area contributed by atoms with Crippen molar-refractivity contribution in [1.29, 1.82) is 5.26 Å². The van der Waals surface area contributed by atoms with Crippen LogP contribution >= 0.6 is 0 Å². The molecule has 8 heteroatoms. The molecule has 38 heavy (non-hydrogen) atoms. The Morgan fingerprint density at radius 3 is 2.45 bits per heavy atom. The van der Waals surface area contributed by atoms with Gasteiger partial charge in [0.15, 0.2) is 11.6 Å². The number of hydrogen-bond donors (Lipinski definition) is 1. The highest BCUT2D eigenvalue weighted by Gasteiger charge is 2.45. The summed E-state index contributed by atoms with van der Waals surface area (Å²) in [6.07, 6.45) is 0.233. The summed E-state index contributed by atoms with van der Waals surface area (Å²) in [5.41, 5.74) is 1.20. The summed E-state index contributed by atoms with van der Waals surface area (Å²) in [5, 5.41) is 22.8. The lowest BCUT2D eigenvalue weighted by molar-refractivity contribution is -0.00133. The van der Waals surface area contributed by atoms with Gasteiger partial charge in [-0.2, -0.15) is 5.26 Å². The molecule has 2 aromatic heterocycles. The van der Waals surface area contributed by atoms with Crippen molar-refractivity contribution in [1.82, 2.24) is 14.9 Å². The largest absolute Gasteiger partial charge is 0.494 e. The topological polar surface area (TPSA) is 91.5 Å². The first kappa shape index (κ1) is 27.0. The molecule has 7 nitrogen and oxygen atoms in total. The Labute approximate surface area is 222 Å². The molecule has 0 spiro atoms. The highest BCUT2D eigenvalue weighted by molar-refractivity contribution is 5.82. The number of ether oxygens (including phenoxy) is 2. The zero-order valence-corrected chi connectivity index (χ0v) is 22.2. The first-order chi connectivity index (χ1) is 18.2. The van der Waals surface area contributed by atoms with Gasteiger partial charge in [-0.05, 0) is 69.9 Å². The minimum absolute atomic E-state index is 0.0548. The van der Waals surface area contributed by atoms with Gasteiger partial charge in [0.25, 0.3) is 0 Å². The number of fused-ring (bicyclic) bond motifs is 1. The zero-order chi connectivity index (χ0) is 27.4. The van der Waals surface area contributed by atoms with Crippen LogP contribution in [-0.4, -0.2) is 54.8 Å². The highest BCUT2D eigenvalue weighted by Crippen LogP contribution is 2.48. The number of pyridine rings is 2. The van der Waals surface area contributed by atoms with E-state index in [1.807, 2.05) is 44.1 Å². The standard InChI is InChI=1S/C30H31FN4O3/c1-19-8-6-11-26(33-19)30(36,14-15-35(2)3)27(22-9-7-10-25(37-4)28(22)31)23-17-21-16-20(18-32)12-13-24(21)34-29(23)38-5/h6-13,16-17,27,36H,14-15H2,1-5H3/t27-,30-/m1/s1. The SMILES string of the molecule is COc1cccc([C@H](c2cc3cc(C#N)ccc3nc2OC)[C@@](O)(CCN(C)C)c2cccc(C)n2)c1F. The summed E-state index contributed by atoms with van der Waals surface area (Å²) in [5.74, 6) is -1.28. The molecule has 2 heterocycles. The van der Waals surface area contributed by atoms with Crippen molar-refractivity contribution in [3.05, 3.63) is 94.6 Å². The average molecular weight is 515 g/mol. The van der Waals surface area contributed by atoms with E-state index in [-0.39, 0.29) is 23.6 Å². The van der Waals surface area contributed by atoms with Gasteiger partial charge in [-0.15, -0.1) is 0 Å². The monoisotopic (exact) mass is 514 g/mol. The van der Waals surface area contributed by atoms with Gasteiger partial charge in [-0.1, -0.05) is 18.2 Å². The number of halogens is 1. The highest BCUT2D eigenvalue weighted by atomic mass is 19.1. The van der Waals surface area contributed by atoms with E-state index in [9.17, 15) is 10.4 Å². The molecule has 0 aliphatic carbocycles. The first-order valence-corrected chi connectivity index (χ1v) is 12.2. The van der Waals surface area contributed by atoms with Crippen LogP contribution in [0.5, 0.6) is 11.6 Å². The van der Waals surface area contributed by atoms with Crippen LogP contribution in [0.25, 0.3) is 10.9 Å². The van der Waals surface area contributed by atoms with Crippen LogP contribution in [0.1, 0.15) is 40.4 Å². The Bertz CT molecular complexity index is 1500. The summed E-state index contributed by atoms with van der Waals surface area (Å²) in [6, 6.07) is 19.4. The summed E-state index contributed by atoms with van der Waals surface area (Å²) in [6.45, 7) is 2.34. The Morgan fingerprint density at radius 2 is 1.79 bits per heavy atom. The van der Waals surface area contributed by atoms with E-state index in [2.05, 4.69) is 16.0 Å². The molecule has 1 N–H and O–H groups in total. The molecule has 0 saturated heterocycles. The van der Waals surface area contributed by atoms with Crippen LogP contribution in [0.15, 0.2) is 60.7 Å². The quantitative estimate of drug-likeness (QED) is 0.338.